The van der Waals surface area contributed by atoms with E-state index in [0.717, 1.165) is 17.0 Å². The van der Waals surface area contributed by atoms with Gasteiger partial charge in [-0.25, -0.2) is 15.8 Å². The molecular formula is C12H15N5OS. The molecule has 0 atom stereocenters. The Hall–Kier alpha value is -1.99. The molecule has 4 N–H and O–H groups in total. The van der Waals surface area contributed by atoms with Gasteiger partial charge < -0.3 is 5.43 Å². The fourth-order valence-electron chi connectivity index (χ4n) is 1.63. The number of hydrazine groups is 1. The lowest BCUT2D eigenvalue weighted by Crippen LogP contribution is -2.14. The molecule has 0 saturated heterocycles. The quantitative estimate of drug-likeness (QED) is 0.586. The van der Waals surface area contributed by atoms with Gasteiger partial charge in [0.25, 0.3) is 5.91 Å². The van der Waals surface area contributed by atoms with Gasteiger partial charge in [0.15, 0.2) is 5.13 Å². The number of nitrogens with one attached hydrogen (secondary N) is 2. The summed E-state index contributed by atoms with van der Waals surface area (Å²) in [5, 5.41) is 3.39. The first-order chi connectivity index (χ1) is 9.13. The number of carbonyl (C=O) groups excluding carboxylic acids is 1. The number of hydrogen-bond donors (Lipinski definition) is 3. The summed E-state index contributed by atoms with van der Waals surface area (Å²) in [6.07, 6.45) is 2.38. The third kappa shape index (κ3) is 3.07. The molecule has 0 aromatic carbocycles. The zero-order valence-electron chi connectivity index (χ0n) is 10.7. The van der Waals surface area contributed by atoms with Crippen molar-refractivity contribution >= 4 is 28.2 Å². The predicted molar refractivity (Wildman–Crippen MR) is 76.2 cm³/mol. The van der Waals surface area contributed by atoms with Crippen molar-refractivity contribution in [1.29, 1.82) is 0 Å². The van der Waals surface area contributed by atoms with Crippen molar-refractivity contribution in [3.63, 3.8) is 0 Å². The van der Waals surface area contributed by atoms with Crippen molar-refractivity contribution in [1.82, 2.24) is 9.97 Å². The predicted octanol–water partition coefficient (Wildman–Crippen LogP) is 1.95. The number of pyridine rings is 1. The number of thiazole rings is 1. The molecule has 0 spiro atoms. The molecule has 2 aromatic heterocycles. The molecule has 0 aliphatic rings. The van der Waals surface area contributed by atoms with Gasteiger partial charge in [-0.3, -0.25) is 10.1 Å². The topological polar surface area (TPSA) is 92.9 Å². The Morgan fingerprint density at radius 2 is 2.32 bits per heavy atom. The van der Waals surface area contributed by atoms with Gasteiger partial charge >= 0.3 is 0 Å². The van der Waals surface area contributed by atoms with Gasteiger partial charge in [0.2, 0.25) is 0 Å². The standard InChI is InChI=1S/C12H15N5OS/c1-3-9-7(2)19-12(15-9)16-11(18)8-4-5-14-10(6-8)17-13/h4-6H,3,13H2,1-2H3,(H,14,17)(H,15,16,18). The Kier molecular flexibility index (Phi) is 4.08. The van der Waals surface area contributed by atoms with E-state index in [2.05, 4.69) is 20.7 Å². The van der Waals surface area contributed by atoms with Crippen molar-refractivity contribution in [2.24, 2.45) is 5.84 Å². The minimum absolute atomic E-state index is 0.227. The summed E-state index contributed by atoms with van der Waals surface area (Å²) >= 11 is 1.47. The van der Waals surface area contributed by atoms with Gasteiger partial charge in [-0.05, 0) is 25.5 Å². The van der Waals surface area contributed by atoms with E-state index >= 15 is 0 Å². The van der Waals surface area contributed by atoms with Crippen LogP contribution in [0.2, 0.25) is 0 Å². The number of anilines is 2. The number of rotatable bonds is 4. The normalized spacial score (nSPS) is 10.3. The highest BCUT2D eigenvalue weighted by Crippen LogP contribution is 2.23. The fourth-order valence-corrected chi connectivity index (χ4v) is 2.53. The molecule has 19 heavy (non-hydrogen) atoms. The Labute approximate surface area is 115 Å². The summed E-state index contributed by atoms with van der Waals surface area (Å²) in [6, 6.07) is 3.20. The Balaban J connectivity index is 2.15. The SMILES string of the molecule is CCc1nc(NC(=O)c2ccnc(NN)c2)sc1C. The van der Waals surface area contributed by atoms with Crippen LogP contribution >= 0.6 is 11.3 Å². The molecule has 7 heteroatoms. The maximum absolute atomic E-state index is 12.1. The first-order valence-corrected chi connectivity index (χ1v) is 6.66. The Bertz CT molecular complexity index is 596. The van der Waals surface area contributed by atoms with E-state index in [1.54, 1.807) is 12.1 Å². The third-order valence-corrected chi connectivity index (χ3v) is 3.55. The molecule has 2 heterocycles. The van der Waals surface area contributed by atoms with Gasteiger partial charge in [-0.1, -0.05) is 6.92 Å². The zero-order chi connectivity index (χ0) is 13.8. The highest BCUT2D eigenvalue weighted by Gasteiger charge is 2.11. The largest absolute Gasteiger partial charge is 0.308 e. The summed E-state index contributed by atoms with van der Waals surface area (Å²) in [4.78, 5) is 21.5. The van der Waals surface area contributed by atoms with Crippen molar-refractivity contribution < 1.29 is 4.79 Å². The van der Waals surface area contributed by atoms with Gasteiger partial charge in [0, 0.05) is 16.6 Å². The summed E-state index contributed by atoms with van der Waals surface area (Å²) in [5.74, 6) is 5.47. The molecular weight excluding hydrogens is 262 g/mol. The van der Waals surface area contributed by atoms with Crippen LogP contribution in [0.3, 0.4) is 0 Å². The first-order valence-electron chi connectivity index (χ1n) is 5.84. The number of aromatic nitrogens is 2. The molecule has 0 saturated carbocycles. The molecule has 6 nitrogen and oxygen atoms in total. The lowest BCUT2D eigenvalue weighted by Gasteiger charge is -2.03. The van der Waals surface area contributed by atoms with Crippen molar-refractivity contribution in [3.8, 4) is 0 Å². The molecule has 0 unspecified atom stereocenters. The van der Waals surface area contributed by atoms with E-state index < -0.39 is 0 Å². The van der Waals surface area contributed by atoms with Crippen LogP contribution in [0.25, 0.3) is 0 Å². The van der Waals surface area contributed by atoms with E-state index in [4.69, 9.17) is 5.84 Å². The third-order valence-electron chi connectivity index (χ3n) is 2.62. The monoisotopic (exact) mass is 277 g/mol. The molecule has 2 rings (SSSR count). The maximum Gasteiger partial charge on any atom is 0.257 e. The van der Waals surface area contributed by atoms with Crippen LogP contribution in [0.1, 0.15) is 27.9 Å². The molecule has 0 bridgehead atoms. The Morgan fingerprint density at radius 3 is 2.95 bits per heavy atom. The molecule has 0 radical (unpaired) electrons. The number of aryl methyl sites for hydroxylation is 2. The van der Waals surface area contributed by atoms with Crippen molar-refractivity contribution in [3.05, 3.63) is 34.5 Å². The summed E-state index contributed by atoms with van der Waals surface area (Å²) in [6.45, 7) is 4.03. The number of hydrogen-bond acceptors (Lipinski definition) is 6. The molecule has 100 valence electrons. The molecule has 2 aromatic rings. The number of nitrogens with zero attached hydrogens (tertiary/aromatic N) is 2. The van der Waals surface area contributed by atoms with Crippen LogP contribution in [-0.2, 0) is 6.42 Å². The average molecular weight is 277 g/mol. The van der Waals surface area contributed by atoms with Gasteiger partial charge in [-0.15, -0.1) is 11.3 Å². The molecule has 0 aliphatic heterocycles. The van der Waals surface area contributed by atoms with E-state index in [1.165, 1.54) is 17.5 Å². The van der Waals surface area contributed by atoms with E-state index in [1.807, 2.05) is 13.8 Å². The van der Waals surface area contributed by atoms with Crippen molar-refractivity contribution in [2.45, 2.75) is 20.3 Å². The molecule has 0 aliphatic carbocycles. The smallest absolute Gasteiger partial charge is 0.257 e. The number of amides is 1. The summed E-state index contributed by atoms with van der Waals surface area (Å²) < 4.78 is 0. The molecule has 0 fully saturated rings. The fraction of sp³-hybridized carbons (Fsp3) is 0.250. The van der Waals surface area contributed by atoms with E-state index in [0.29, 0.717) is 16.5 Å². The number of nitrogens with two attached hydrogens (primary N) is 1. The lowest BCUT2D eigenvalue weighted by molar-refractivity contribution is 0.102. The van der Waals surface area contributed by atoms with Crippen LogP contribution in [-0.4, -0.2) is 15.9 Å². The second kappa shape index (κ2) is 5.77. The minimum atomic E-state index is -0.227. The minimum Gasteiger partial charge on any atom is -0.308 e. The highest BCUT2D eigenvalue weighted by atomic mass is 32.1. The van der Waals surface area contributed by atoms with Crippen LogP contribution in [0, 0.1) is 6.92 Å². The number of nitrogen functional groups attached to an aromatic ring is 1. The zero-order valence-corrected chi connectivity index (χ0v) is 11.5. The molecule has 1 amide bonds. The van der Waals surface area contributed by atoms with Crippen LogP contribution in [0.4, 0.5) is 10.9 Å². The van der Waals surface area contributed by atoms with Crippen molar-refractivity contribution in [2.75, 3.05) is 10.7 Å². The van der Waals surface area contributed by atoms with E-state index in [9.17, 15) is 4.79 Å². The first kappa shape index (κ1) is 13.4. The van der Waals surface area contributed by atoms with Crippen LogP contribution in [0.15, 0.2) is 18.3 Å². The Morgan fingerprint density at radius 1 is 1.53 bits per heavy atom. The van der Waals surface area contributed by atoms with Gasteiger partial charge in [0.05, 0.1) is 5.69 Å². The lowest BCUT2D eigenvalue weighted by atomic mass is 10.2. The average Bonchev–Trinajstić information content (AvgIpc) is 2.78. The second-order valence-corrected chi connectivity index (χ2v) is 5.11. The summed E-state index contributed by atoms with van der Waals surface area (Å²) in [7, 11) is 0. The highest BCUT2D eigenvalue weighted by molar-refractivity contribution is 7.15. The number of carbonyl (C=O) groups is 1. The second-order valence-electron chi connectivity index (χ2n) is 3.90. The van der Waals surface area contributed by atoms with Gasteiger partial charge in [0.1, 0.15) is 5.82 Å². The van der Waals surface area contributed by atoms with Gasteiger partial charge in [-0.2, -0.15) is 0 Å². The van der Waals surface area contributed by atoms with E-state index in [-0.39, 0.29) is 5.91 Å². The van der Waals surface area contributed by atoms with Crippen LogP contribution < -0.4 is 16.6 Å². The summed E-state index contributed by atoms with van der Waals surface area (Å²) in [5.41, 5.74) is 3.90. The van der Waals surface area contributed by atoms with Crippen LogP contribution in [0.5, 0.6) is 0 Å². The maximum atomic E-state index is 12.1.